The number of benzene rings is 1. The minimum atomic E-state index is -0.0307. The van der Waals surface area contributed by atoms with Crippen LogP contribution in [0.2, 0.25) is 0 Å². The lowest BCUT2D eigenvalue weighted by Gasteiger charge is -2.20. The summed E-state index contributed by atoms with van der Waals surface area (Å²) in [6.45, 7) is 4.15. The van der Waals surface area contributed by atoms with Gasteiger partial charge in [0.15, 0.2) is 5.43 Å². The predicted molar refractivity (Wildman–Crippen MR) is 117 cm³/mol. The molecule has 0 bridgehead atoms. The van der Waals surface area contributed by atoms with E-state index in [-0.39, 0.29) is 5.43 Å². The highest BCUT2D eigenvalue weighted by molar-refractivity contribution is 5.83. The minimum Gasteiger partial charge on any atom is -0.341 e. The maximum Gasteiger partial charge on any atom is 0.193 e. The third-order valence-electron chi connectivity index (χ3n) is 4.83. The first kappa shape index (κ1) is 18.0. The molecule has 28 heavy (non-hydrogen) atoms. The van der Waals surface area contributed by atoms with E-state index in [4.69, 9.17) is 4.98 Å². The molecule has 1 aromatic carbocycles. The Morgan fingerprint density at radius 1 is 1.14 bits per heavy atom. The van der Waals surface area contributed by atoms with Crippen LogP contribution >= 0.6 is 0 Å². The minimum absolute atomic E-state index is 0.0307. The molecule has 2 heterocycles. The molecule has 1 aliphatic carbocycles. The van der Waals surface area contributed by atoms with Crippen LogP contribution in [0.3, 0.4) is 0 Å². The summed E-state index contributed by atoms with van der Waals surface area (Å²) in [4.78, 5) is 17.6. The number of nitrogens with zero attached hydrogens (tertiary/aromatic N) is 2. The molecule has 1 N–H and O–H groups in total. The molecule has 0 atom stereocenters. The van der Waals surface area contributed by atoms with Gasteiger partial charge in [-0.05, 0) is 49.3 Å². The summed E-state index contributed by atoms with van der Waals surface area (Å²) >= 11 is 0. The molecule has 4 rings (SSSR count). The Morgan fingerprint density at radius 3 is 2.75 bits per heavy atom. The standard InChI is InChI=1S/C24H23N3O/c1-3-18-13-14-21-22(28)16-23(25-19-10-5-4-6-11-19)27(24(21)26-18)20-12-8-7-9-17(2)15-20/h4-11,13-16,25H,3,12H2,1-2H3. The largest absolute Gasteiger partial charge is 0.341 e. The van der Waals surface area contributed by atoms with Crippen LogP contribution in [0.25, 0.3) is 16.7 Å². The van der Waals surface area contributed by atoms with Gasteiger partial charge in [-0.15, -0.1) is 0 Å². The van der Waals surface area contributed by atoms with Gasteiger partial charge in [0.2, 0.25) is 0 Å². The zero-order valence-corrected chi connectivity index (χ0v) is 16.1. The number of aryl methyl sites for hydroxylation is 1. The number of aromatic nitrogens is 2. The summed E-state index contributed by atoms with van der Waals surface area (Å²) < 4.78 is 2.08. The van der Waals surface area contributed by atoms with Crippen LogP contribution in [0.5, 0.6) is 0 Å². The van der Waals surface area contributed by atoms with Gasteiger partial charge in [-0.1, -0.05) is 43.4 Å². The number of pyridine rings is 2. The fourth-order valence-corrected chi connectivity index (χ4v) is 3.41. The SMILES string of the molecule is CCc1ccc2c(=O)cc(Nc3ccccc3)n(C3=CC(C)=CC=CC3)c2n1. The van der Waals surface area contributed by atoms with Gasteiger partial charge in [0.05, 0.1) is 5.39 Å². The average Bonchev–Trinajstić information content (AvgIpc) is 2.92. The highest BCUT2D eigenvalue weighted by atomic mass is 16.1. The van der Waals surface area contributed by atoms with Crippen molar-refractivity contribution in [1.82, 2.24) is 9.55 Å². The average molecular weight is 369 g/mol. The number of anilines is 2. The quantitative estimate of drug-likeness (QED) is 0.665. The van der Waals surface area contributed by atoms with Crippen LogP contribution in [0.4, 0.5) is 11.5 Å². The van der Waals surface area contributed by atoms with Crippen LogP contribution in [-0.2, 0) is 6.42 Å². The number of nitrogens with one attached hydrogen (secondary N) is 1. The van der Waals surface area contributed by atoms with Gasteiger partial charge in [0.1, 0.15) is 11.5 Å². The summed E-state index contributed by atoms with van der Waals surface area (Å²) in [5.41, 5.74) is 4.80. The number of para-hydroxylation sites is 1. The first-order chi connectivity index (χ1) is 13.7. The van der Waals surface area contributed by atoms with Gasteiger partial charge in [0, 0.05) is 29.6 Å². The third kappa shape index (κ3) is 3.54. The fraction of sp³-hybridized carbons (Fsp3) is 0.167. The zero-order valence-electron chi connectivity index (χ0n) is 16.1. The maximum absolute atomic E-state index is 12.8. The van der Waals surface area contributed by atoms with Crippen molar-refractivity contribution in [2.75, 3.05) is 5.32 Å². The lowest BCUT2D eigenvalue weighted by molar-refractivity contribution is 1.00. The van der Waals surface area contributed by atoms with E-state index >= 15 is 0 Å². The van der Waals surface area contributed by atoms with Gasteiger partial charge in [-0.2, -0.15) is 0 Å². The summed E-state index contributed by atoms with van der Waals surface area (Å²) in [6, 6.07) is 15.4. The van der Waals surface area contributed by atoms with Crippen molar-refractivity contribution in [3.05, 3.63) is 94.3 Å². The molecule has 0 saturated carbocycles. The van der Waals surface area contributed by atoms with E-state index in [0.29, 0.717) is 11.0 Å². The molecule has 0 spiro atoms. The summed E-state index contributed by atoms with van der Waals surface area (Å²) in [5, 5.41) is 4.05. The van der Waals surface area contributed by atoms with Crippen molar-refractivity contribution < 1.29 is 0 Å². The van der Waals surface area contributed by atoms with Crippen molar-refractivity contribution in [2.24, 2.45) is 0 Å². The van der Waals surface area contributed by atoms with Crippen LogP contribution in [-0.4, -0.2) is 9.55 Å². The van der Waals surface area contributed by atoms with Crippen molar-refractivity contribution in [3.8, 4) is 0 Å². The van der Waals surface area contributed by atoms with Crippen molar-refractivity contribution in [3.63, 3.8) is 0 Å². The molecule has 4 heteroatoms. The first-order valence-electron chi connectivity index (χ1n) is 9.58. The molecular formula is C24H23N3O. The summed E-state index contributed by atoms with van der Waals surface area (Å²) in [6.07, 6.45) is 10.0. The second-order valence-corrected chi connectivity index (χ2v) is 6.93. The number of allylic oxidation sites excluding steroid dienone is 6. The topological polar surface area (TPSA) is 46.9 Å². The molecule has 4 nitrogen and oxygen atoms in total. The van der Waals surface area contributed by atoms with Gasteiger partial charge >= 0.3 is 0 Å². The Balaban J connectivity index is 2.00. The molecule has 0 radical (unpaired) electrons. The van der Waals surface area contributed by atoms with Crippen LogP contribution in [0.1, 0.15) is 26.0 Å². The second kappa shape index (κ2) is 7.69. The van der Waals surface area contributed by atoms with E-state index in [1.54, 1.807) is 6.07 Å². The Morgan fingerprint density at radius 2 is 1.96 bits per heavy atom. The number of hydrogen-bond donors (Lipinski definition) is 1. The molecule has 2 aromatic heterocycles. The highest BCUT2D eigenvalue weighted by Crippen LogP contribution is 2.27. The van der Waals surface area contributed by atoms with Gasteiger partial charge < -0.3 is 5.32 Å². The molecule has 0 amide bonds. The van der Waals surface area contributed by atoms with E-state index in [9.17, 15) is 4.79 Å². The van der Waals surface area contributed by atoms with E-state index in [1.165, 1.54) is 0 Å². The van der Waals surface area contributed by atoms with E-state index in [2.05, 4.69) is 48.0 Å². The van der Waals surface area contributed by atoms with Gasteiger partial charge in [-0.25, -0.2) is 4.98 Å². The van der Waals surface area contributed by atoms with Crippen molar-refractivity contribution >= 4 is 28.2 Å². The first-order valence-corrected chi connectivity index (χ1v) is 9.58. The normalized spacial score (nSPS) is 13.8. The molecule has 0 unspecified atom stereocenters. The molecule has 140 valence electrons. The Hall–Kier alpha value is -3.40. The Labute approximate surface area is 164 Å². The Kier molecular flexibility index (Phi) is 4.94. The summed E-state index contributed by atoms with van der Waals surface area (Å²) in [7, 11) is 0. The van der Waals surface area contributed by atoms with Crippen molar-refractivity contribution in [1.29, 1.82) is 0 Å². The van der Waals surface area contributed by atoms with Crippen molar-refractivity contribution in [2.45, 2.75) is 26.7 Å². The van der Waals surface area contributed by atoms with Gasteiger partial charge in [-0.3, -0.25) is 9.36 Å². The molecule has 0 aliphatic heterocycles. The van der Waals surface area contributed by atoms with Crippen LogP contribution in [0, 0.1) is 0 Å². The predicted octanol–water partition coefficient (Wildman–Crippen LogP) is 5.45. The monoisotopic (exact) mass is 369 g/mol. The molecular weight excluding hydrogens is 346 g/mol. The fourth-order valence-electron chi connectivity index (χ4n) is 3.41. The molecule has 1 aliphatic rings. The number of hydrogen-bond acceptors (Lipinski definition) is 3. The smallest absolute Gasteiger partial charge is 0.193 e. The lowest BCUT2D eigenvalue weighted by atomic mass is 10.1. The number of rotatable bonds is 4. The lowest BCUT2D eigenvalue weighted by Crippen LogP contribution is -2.15. The van der Waals surface area contributed by atoms with E-state index < -0.39 is 0 Å². The van der Waals surface area contributed by atoms with Crippen LogP contribution < -0.4 is 10.7 Å². The second-order valence-electron chi connectivity index (χ2n) is 6.93. The third-order valence-corrected chi connectivity index (χ3v) is 4.83. The molecule has 3 aromatic rings. The van der Waals surface area contributed by atoms with Crippen LogP contribution in [0.15, 0.2) is 83.2 Å². The number of fused-ring (bicyclic) bond motifs is 1. The van der Waals surface area contributed by atoms with Gasteiger partial charge in [0.25, 0.3) is 0 Å². The maximum atomic E-state index is 12.8. The van der Waals surface area contributed by atoms with E-state index in [0.717, 1.165) is 41.3 Å². The molecule has 0 saturated heterocycles. The molecule has 0 fully saturated rings. The Bertz CT molecular complexity index is 1170. The summed E-state index contributed by atoms with van der Waals surface area (Å²) in [5.74, 6) is 0.721. The zero-order chi connectivity index (χ0) is 19.5. The highest BCUT2D eigenvalue weighted by Gasteiger charge is 2.15. The van der Waals surface area contributed by atoms with E-state index in [1.807, 2.05) is 42.5 Å².